The molecule has 0 spiro atoms. The van der Waals surface area contributed by atoms with Crippen LogP contribution in [0.25, 0.3) is 0 Å². The van der Waals surface area contributed by atoms with Gasteiger partial charge in [-0.2, -0.15) is 13.2 Å². The summed E-state index contributed by atoms with van der Waals surface area (Å²) in [6.07, 6.45) is -4.33. The van der Waals surface area contributed by atoms with Crippen molar-refractivity contribution in [3.63, 3.8) is 0 Å². The molecule has 0 atom stereocenters. The van der Waals surface area contributed by atoms with Gasteiger partial charge in [0, 0.05) is 12.2 Å². The first-order valence-corrected chi connectivity index (χ1v) is 6.44. The molecule has 0 aliphatic carbocycles. The van der Waals surface area contributed by atoms with E-state index in [9.17, 15) is 17.6 Å². The second kappa shape index (κ2) is 5.76. The van der Waals surface area contributed by atoms with Crippen molar-refractivity contribution < 1.29 is 17.6 Å². The maximum Gasteiger partial charge on any atom is 0.416 e. The summed E-state index contributed by atoms with van der Waals surface area (Å²) in [7, 11) is 0. The lowest BCUT2D eigenvalue weighted by Gasteiger charge is -2.11. The summed E-state index contributed by atoms with van der Waals surface area (Å²) >= 11 is 0. The van der Waals surface area contributed by atoms with Crippen LogP contribution < -0.4 is 5.32 Å². The number of halogens is 4. The predicted octanol–water partition coefficient (Wildman–Crippen LogP) is 5.07. The van der Waals surface area contributed by atoms with Gasteiger partial charge in [0.1, 0.15) is 5.82 Å². The van der Waals surface area contributed by atoms with E-state index >= 15 is 0 Å². The molecule has 0 saturated carbocycles. The lowest BCUT2D eigenvalue weighted by atomic mass is 10.1. The van der Waals surface area contributed by atoms with E-state index in [1.165, 1.54) is 12.1 Å². The number of nitrogens with one attached hydrogen (secondary N) is 1. The van der Waals surface area contributed by atoms with Crippen molar-refractivity contribution in [1.29, 1.82) is 0 Å². The lowest BCUT2D eigenvalue weighted by molar-refractivity contribution is -0.137. The minimum Gasteiger partial charge on any atom is -0.381 e. The molecule has 0 aliphatic heterocycles. The fourth-order valence-electron chi connectivity index (χ4n) is 2.12. The molecule has 5 heteroatoms. The Morgan fingerprint density at radius 3 is 1.95 bits per heavy atom. The van der Waals surface area contributed by atoms with Crippen LogP contribution in [0.4, 0.5) is 23.2 Å². The van der Waals surface area contributed by atoms with Gasteiger partial charge in [-0.25, -0.2) is 4.39 Å². The van der Waals surface area contributed by atoms with Gasteiger partial charge in [-0.3, -0.25) is 0 Å². The number of hydrogen-bond donors (Lipinski definition) is 1. The Bertz CT molecular complexity index is 607. The molecule has 0 fully saturated rings. The standard InChI is InChI=1S/C16H15F4N/c1-10-7-12(8-11(2)15(10)17)9-21-14-5-3-13(4-6-14)16(18,19)20/h3-8,21H,9H2,1-2H3. The average Bonchev–Trinajstić information content (AvgIpc) is 2.42. The highest BCUT2D eigenvalue weighted by atomic mass is 19.4. The van der Waals surface area contributed by atoms with Gasteiger partial charge in [0.25, 0.3) is 0 Å². The van der Waals surface area contributed by atoms with Crippen molar-refractivity contribution in [1.82, 2.24) is 0 Å². The van der Waals surface area contributed by atoms with Gasteiger partial charge < -0.3 is 5.32 Å². The van der Waals surface area contributed by atoms with Gasteiger partial charge in [-0.05, 0) is 54.8 Å². The van der Waals surface area contributed by atoms with E-state index in [1.54, 1.807) is 26.0 Å². The second-order valence-electron chi connectivity index (χ2n) is 4.97. The Balaban J connectivity index is 2.07. The molecule has 0 saturated heterocycles. The van der Waals surface area contributed by atoms with Crippen molar-refractivity contribution in [2.24, 2.45) is 0 Å². The summed E-state index contributed by atoms with van der Waals surface area (Å²) < 4.78 is 50.8. The van der Waals surface area contributed by atoms with Crippen LogP contribution in [0.15, 0.2) is 36.4 Å². The molecule has 1 nitrogen and oxygen atoms in total. The summed E-state index contributed by atoms with van der Waals surface area (Å²) in [5, 5.41) is 3.02. The normalized spacial score (nSPS) is 11.5. The fraction of sp³-hybridized carbons (Fsp3) is 0.250. The largest absolute Gasteiger partial charge is 0.416 e. The van der Waals surface area contributed by atoms with E-state index in [1.807, 2.05) is 0 Å². The van der Waals surface area contributed by atoms with Gasteiger partial charge in [0.15, 0.2) is 0 Å². The maximum atomic E-state index is 13.5. The number of aryl methyl sites for hydroxylation is 2. The number of anilines is 1. The van der Waals surface area contributed by atoms with Gasteiger partial charge in [0.2, 0.25) is 0 Å². The zero-order chi connectivity index (χ0) is 15.6. The van der Waals surface area contributed by atoms with Gasteiger partial charge in [0.05, 0.1) is 5.56 Å². The van der Waals surface area contributed by atoms with Crippen molar-refractivity contribution in [3.8, 4) is 0 Å². The van der Waals surface area contributed by atoms with Crippen LogP contribution in [0.3, 0.4) is 0 Å². The molecule has 0 heterocycles. The summed E-state index contributed by atoms with van der Waals surface area (Å²) in [5.41, 5.74) is 1.90. The quantitative estimate of drug-likeness (QED) is 0.780. The molecule has 2 rings (SSSR count). The summed E-state index contributed by atoms with van der Waals surface area (Å²) in [4.78, 5) is 0. The Hall–Kier alpha value is -2.04. The molecule has 0 bridgehead atoms. The minimum absolute atomic E-state index is 0.228. The molecule has 2 aromatic rings. The van der Waals surface area contributed by atoms with Crippen molar-refractivity contribution in [3.05, 3.63) is 64.5 Å². The third-order valence-electron chi connectivity index (χ3n) is 3.21. The summed E-state index contributed by atoms with van der Waals surface area (Å²) in [5.74, 6) is -0.228. The number of hydrogen-bond acceptors (Lipinski definition) is 1. The SMILES string of the molecule is Cc1cc(CNc2ccc(C(F)(F)F)cc2)cc(C)c1F. The first kappa shape index (κ1) is 15.4. The zero-order valence-electron chi connectivity index (χ0n) is 11.7. The Labute approximate surface area is 120 Å². The van der Waals surface area contributed by atoms with Crippen LogP contribution >= 0.6 is 0 Å². The topological polar surface area (TPSA) is 12.0 Å². The van der Waals surface area contributed by atoms with E-state index in [4.69, 9.17) is 0 Å². The molecule has 0 unspecified atom stereocenters. The smallest absolute Gasteiger partial charge is 0.381 e. The van der Waals surface area contributed by atoms with Crippen LogP contribution in [-0.4, -0.2) is 0 Å². The third kappa shape index (κ3) is 3.74. The Morgan fingerprint density at radius 1 is 0.952 bits per heavy atom. The highest BCUT2D eigenvalue weighted by molar-refractivity contribution is 5.46. The second-order valence-corrected chi connectivity index (χ2v) is 4.97. The zero-order valence-corrected chi connectivity index (χ0v) is 11.7. The highest BCUT2D eigenvalue weighted by Crippen LogP contribution is 2.29. The molecule has 2 aromatic carbocycles. The molecule has 0 aliphatic rings. The van der Waals surface area contributed by atoms with Gasteiger partial charge in [-0.1, -0.05) is 12.1 Å². The van der Waals surface area contributed by atoms with E-state index in [0.717, 1.165) is 17.7 Å². The first-order valence-electron chi connectivity index (χ1n) is 6.44. The van der Waals surface area contributed by atoms with Crippen molar-refractivity contribution in [2.75, 3.05) is 5.32 Å². The average molecular weight is 297 g/mol. The third-order valence-corrected chi connectivity index (χ3v) is 3.21. The molecule has 0 radical (unpaired) electrons. The van der Waals surface area contributed by atoms with Crippen LogP contribution in [0.2, 0.25) is 0 Å². The molecule has 21 heavy (non-hydrogen) atoms. The molecule has 112 valence electrons. The van der Waals surface area contributed by atoms with E-state index in [-0.39, 0.29) is 5.82 Å². The van der Waals surface area contributed by atoms with Crippen LogP contribution in [0.1, 0.15) is 22.3 Å². The molecular formula is C16H15F4N. The van der Waals surface area contributed by atoms with Gasteiger partial charge >= 0.3 is 6.18 Å². The lowest BCUT2D eigenvalue weighted by Crippen LogP contribution is -2.05. The number of rotatable bonds is 3. The Morgan fingerprint density at radius 2 is 1.48 bits per heavy atom. The van der Waals surface area contributed by atoms with E-state index in [2.05, 4.69) is 5.32 Å². The van der Waals surface area contributed by atoms with Crippen LogP contribution in [0, 0.1) is 19.7 Å². The molecule has 1 N–H and O–H groups in total. The molecule has 0 aromatic heterocycles. The first-order chi connectivity index (χ1) is 9.77. The molecule has 0 amide bonds. The summed E-state index contributed by atoms with van der Waals surface area (Å²) in [6, 6.07) is 8.27. The molecular weight excluding hydrogens is 282 g/mol. The van der Waals surface area contributed by atoms with Crippen molar-refractivity contribution in [2.45, 2.75) is 26.6 Å². The number of alkyl halides is 3. The van der Waals surface area contributed by atoms with E-state index in [0.29, 0.717) is 23.4 Å². The maximum absolute atomic E-state index is 13.5. The Kier molecular flexibility index (Phi) is 4.21. The van der Waals surface area contributed by atoms with Crippen LogP contribution in [-0.2, 0) is 12.7 Å². The monoisotopic (exact) mass is 297 g/mol. The minimum atomic E-state index is -4.33. The van der Waals surface area contributed by atoms with Gasteiger partial charge in [-0.15, -0.1) is 0 Å². The predicted molar refractivity (Wildman–Crippen MR) is 74.6 cm³/mol. The van der Waals surface area contributed by atoms with Crippen LogP contribution in [0.5, 0.6) is 0 Å². The van der Waals surface area contributed by atoms with Crippen molar-refractivity contribution >= 4 is 5.69 Å². The highest BCUT2D eigenvalue weighted by Gasteiger charge is 2.29. The van der Waals surface area contributed by atoms with E-state index < -0.39 is 11.7 Å². The summed E-state index contributed by atoms with van der Waals surface area (Å²) in [6.45, 7) is 3.79. The number of benzene rings is 2. The fourth-order valence-corrected chi connectivity index (χ4v) is 2.12.